The molecule has 6 heteroatoms. The van der Waals surface area contributed by atoms with Gasteiger partial charge in [-0.2, -0.15) is 5.10 Å². The molecule has 0 aliphatic heterocycles. The van der Waals surface area contributed by atoms with E-state index < -0.39 is 0 Å². The second-order valence-corrected chi connectivity index (χ2v) is 6.89. The molecule has 1 aromatic heterocycles. The van der Waals surface area contributed by atoms with Crippen LogP contribution in [0, 0.1) is 0 Å². The summed E-state index contributed by atoms with van der Waals surface area (Å²) in [6.45, 7) is 1.61. The summed E-state index contributed by atoms with van der Waals surface area (Å²) in [6, 6.07) is 25.3. The summed E-state index contributed by atoms with van der Waals surface area (Å²) in [4.78, 5) is 16.3. The maximum absolute atomic E-state index is 12.4. The van der Waals surface area contributed by atoms with E-state index in [9.17, 15) is 4.79 Å². The number of carbonyl (C=O) groups excluding carboxylic acids is 1. The SMILES string of the molecule is O=C(NCc1ccc(COc2ccccc2)cc1)c1ccc(Cn2cncn2)cc1. The van der Waals surface area contributed by atoms with Crippen LogP contribution in [0.3, 0.4) is 0 Å². The van der Waals surface area contributed by atoms with E-state index >= 15 is 0 Å². The maximum Gasteiger partial charge on any atom is 0.251 e. The van der Waals surface area contributed by atoms with Crippen molar-refractivity contribution in [2.45, 2.75) is 19.7 Å². The van der Waals surface area contributed by atoms with Crippen LogP contribution in [-0.2, 0) is 19.7 Å². The molecule has 3 aromatic carbocycles. The smallest absolute Gasteiger partial charge is 0.251 e. The van der Waals surface area contributed by atoms with E-state index in [4.69, 9.17) is 4.74 Å². The van der Waals surface area contributed by atoms with Gasteiger partial charge in [0.15, 0.2) is 0 Å². The van der Waals surface area contributed by atoms with Crippen molar-refractivity contribution in [3.8, 4) is 5.75 Å². The van der Waals surface area contributed by atoms with Gasteiger partial charge in [-0.25, -0.2) is 9.67 Å². The van der Waals surface area contributed by atoms with Crippen molar-refractivity contribution in [3.63, 3.8) is 0 Å². The molecule has 0 bridgehead atoms. The lowest BCUT2D eigenvalue weighted by Gasteiger charge is -2.09. The number of benzene rings is 3. The Hall–Kier alpha value is -3.93. The molecule has 4 aromatic rings. The van der Waals surface area contributed by atoms with E-state index in [0.29, 0.717) is 25.3 Å². The standard InChI is InChI=1S/C24H22N4O2/c29-24(22-12-10-20(11-13-22)15-28-18-25-17-27-28)26-14-19-6-8-21(9-7-19)16-30-23-4-2-1-3-5-23/h1-13,17-18H,14-16H2,(H,26,29). The summed E-state index contributed by atoms with van der Waals surface area (Å²) in [6.07, 6.45) is 3.17. The number of rotatable bonds is 8. The third-order valence-electron chi connectivity index (χ3n) is 4.65. The van der Waals surface area contributed by atoms with Crippen LogP contribution in [0.25, 0.3) is 0 Å². The first kappa shape index (κ1) is 19.4. The Morgan fingerprint density at radius 1 is 0.867 bits per heavy atom. The Morgan fingerprint density at radius 2 is 1.57 bits per heavy atom. The minimum atomic E-state index is -0.0983. The van der Waals surface area contributed by atoms with Crippen LogP contribution in [0.1, 0.15) is 27.0 Å². The molecule has 150 valence electrons. The highest BCUT2D eigenvalue weighted by Crippen LogP contribution is 2.12. The van der Waals surface area contributed by atoms with Crippen LogP contribution >= 0.6 is 0 Å². The minimum Gasteiger partial charge on any atom is -0.489 e. The van der Waals surface area contributed by atoms with Gasteiger partial charge in [0, 0.05) is 12.1 Å². The summed E-state index contributed by atoms with van der Waals surface area (Å²) >= 11 is 0. The first-order valence-electron chi connectivity index (χ1n) is 9.71. The van der Waals surface area contributed by atoms with Gasteiger partial charge in [-0.1, -0.05) is 54.6 Å². The molecule has 4 rings (SSSR count). The molecule has 0 saturated heterocycles. The number of aromatic nitrogens is 3. The lowest BCUT2D eigenvalue weighted by atomic mass is 10.1. The summed E-state index contributed by atoms with van der Waals surface area (Å²) in [5, 5.41) is 7.04. The number of hydrogen-bond donors (Lipinski definition) is 1. The Morgan fingerprint density at radius 3 is 2.27 bits per heavy atom. The van der Waals surface area contributed by atoms with Crippen molar-refractivity contribution in [2.24, 2.45) is 0 Å². The average Bonchev–Trinajstić information content (AvgIpc) is 3.31. The van der Waals surface area contributed by atoms with Crippen LogP contribution in [0.15, 0.2) is 91.5 Å². The number of hydrogen-bond acceptors (Lipinski definition) is 4. The zero-order chi connectivity index (χ0) is 20.6. The van der Waals surface area contributed by atoms with Crippen molar-refractivity contribution in [2.75, 3.05) is 0 Å². The largest absolute Gasteiger partial charge is 0.489 e. The Bertz CT molecular complexity index is 1060. The molecule has 0 spiro atoms. The molecule has 0 radical (unpaired) electrons. The predicted molar refractivity (Wildman–Crippen MR) is 114 cm³/mol. The van der Waals surface area contributed by atoms with Gasteiger partial charge in [0.25, 0.3) is 5.91 Å². The highest BCUT2D eigenvalue weighted by molar-refractivity contribution is 5.94. The normalized spacial score (nSPS) is 10.5. The number of para-hydroxylation sites is 1. The zero-order valence-electron chi connectivity index (χ0n) is 16.4. The fourth-order valence-electron chi connectivity index (χ4n) is 2.98. The van der Waals surface area contributed by atoms with Gasteiger partial charge in [0.05, 0.1) is 6.54 Å². The number of nitrogens with zero attached hydrogens (tertiary/aromatic N) is 3. The second kappa shape index (κ2) is 9.52. The lowest BCUT2D eigenvalue weighted by molar-refractivity contribution is 0.0951. The third-order valence-corrected chi connectivity index (χ3v) is 4.65. The third kappa shape index (κ3) is 5.32. The van der Waals surface area contributed by atoms with Gasteiger partial charge in [-0.15, -0.1) is 0 Å². The van der Waals surface area contributed by atoms with E-state index in [-0.39, 0.29) is 5.91 Å². The van der Waals surface area contributed by atoms with E-state index in [1.54, 1.807) is 11.0 Å². The van der Waals surface area contributed by atoms with Crippen LogP contribution in [-0.4, -0.2) is 20.7 Å². The topological polar surface area (TPSA) is 69.0 Å². The molecule has 0 fully saturated rings. The predicted octanol–water partition coefficient (Wildman–Crippen LogP) is 3.84. The van der Waals surface area contributed by atoms with E-state index in [2.05, 4.69) is 15.4 Å². The molecular weight excluding hydrogens is 376 g/mol. The van der Waals surface area contributed by atoms with Crippen LogP contribution in [0.5, 0.6) is 5.75 Å². The molecule has 1 heterocycles. The van der Waals surface area contributed by atoms with Crippen molar-refractivity contribution in [1.82, 2.24) is 20.1 Å². The molecule has 1 amide bonds. The summed E-state index contributed by atoms with van der Waals surface area (Å²) in [5.41, 5.74) is 3.81. The highest BCUT2D eigenvalue weighted by atomic mass is 16.5. The molecule has 6 nitrogen and oxygen atoms in total. The molecular formula is C24H22N4O2. The van der Waals surface area contributed by atoms with Gasteiger partial charge < -0.3 is 10.1 Å². The van der Waals surface area contributed by atoms with E-state index in [1.807, 2.05) is 78.9 Å². The number of ether oxygens (including phenoxy) is 1. The number of carbonyl (C=O) groups is 1. The van der Waals surface area contributed by atoms with Crippen molar-refractivity contribution in [3.05, 3.63) is 114 Å². The molecule has 0 aliphatic rings. The van der Waals surface area contributed by atoms with Gasteiger partial charge >= 0.3 is 0 Å². The molecule has 0 atom stereocenters. The van der Waals surface area contributed by atoms with Crippen molar-refractivity contribution in [1.29, 1.82) is 0 Å². The van der Waals surface area contributed by atoms with Gasteiger partial charge in [0.2, 0.25) is 0 Å². The first-order chi connectivity index (χ1) is 14.8. The summed E-state index contributed by atoms with van der Waals surface area (Å²) < 4.78 is 7.49. The second-order valence-electron chi connectivity index (χ2n) is 6.89. The Balaban J connectivity index is 1.26. The van der Waals surface area contributed by atoms with E-state index in [1.165, 1.54) is 6.33 Å². The molecule has 0 saturated carbocycles. The quantitative estimate of drug-likeness (QED) is 0.490. The van der Waals surface area contributed by atoms with Gasteiger partial charge in [0.1, 0.15) is 25.0 Å². The van der Waals surface area contributed by atoms with Crippen LogP contribution < -0.4 is 10.1 Å². The zero-order valence-corrected chi connectivity index (χ0v) is 16.4. The first-order valence-corrected chi connectivity index (χ1v) is 9.71. The fourth-order valence-corrected chi connectivity index (χ4v) is 2.98. The highest BCUT2D eigenvalue weighted by Gasteiger charge is 2.06. The van der Waals surface area contributed by atoms with Crippen LogP contribution in [0.2, 0.25) is 0 Å². The Kier molecular flexibility index (Phi) is 6.15. The lowest BCUT2D eigenvalue weighted by Crippen LogP contribution is -2.22. The summed E-state index contributed by atoms with van der Waals surface area (Å²) in [7, 11) is 0. The monoisotopic (exact) mass is 398 g/mol. The molecule has 30 heavy (non-hydrogen) atoms. The van der Waals surface area contributed by atoms with Crippen molar-refractivity contribution >= 4 is 5.91 Å². The molecule has 0 unspecified atom stereocenters. The maximum atomic E-state index is 12.4. The molecule has 1 N–H and O–H groups in total. The Labute approximate surface area is 175 Å². The number of nitrogens with one attached hydrogen (secondary N) is 1. The van der Waals surface area contributed by atoms with Crippen LogP contribution in [0.4, 0.5) is 0 Å². The fraction of sp³-hybridized carbons (Fsp3) is 0.125. The van der Waals surface area contributed by atoms with Gasteiger partial charge in [-0.3, -0.25) is 4.79 Å². The minimum absolute atomic E-state index is 0.0983. The van der Waals surface area contributed by atoms with Crippen molar-refractivity contribution < 1.29 is 9.53 Å². The number of amides is 1. The summed E-state index contributed by atoms with van der Waals surface area (Å²) in [5.74, 6) is 0.750. The average molecular weight is 398 g/mol. The molecule has 0 aliphatic carbocycles. The van der Waals surface area contributed by atoms with E-state index in [0.717, 1.165) is 22.4 Å². The van der Waals surface area contributed by atoms with Gasteiger partial charge in [-0.05, 0) is 41.0 Å².